The summed E-state index contributed by atoms with van der Waals surface area (Å²) in [6.07, 6.45) is 0. The molecule has 12 aromatic carbocycles. The number of hydrogen-bond acceptors (Lipinski definition) is 6. The van der Waals surface area contributed by atoms with E-state index in [9.17, 15) is 0 Å². The number of fused-ring (bicyclic) bond motifs is 39. The van der Waals surface area contributed by atoms with Crippen LogP contribution in [0.3, 0.4) is 0 Å². The van der Waals surface area contributed by atoms with Gasteiger partial charge in [0.25, 0.3) is 13.4 Å². The molecule has 0 saturated carbocycles. The van der Waals surface area contributed by atoms with Crippen molar-refractivity contribution in [3.8, 4) is 0 Å². The SMILES string of the molecule is c1ccc2c(c1)c1cc3c(c4c5ccccc5n2c14)B1c2c(nc4c5c6c(nc4c2Sc2cc4c7ccccc7n7c8ccccc8c(c21)c47)Sc1cc2c4ccccc4n4c7ccccc7c(c1B6c1c(cc6c7ccccc7n7c8ccccc8c1c67)S5)c24)S3. The Morgan fingerprint density at radius 1 is 0.239 bits per heavy atom. The number of para-hydroxylation sites is 8. The van der Waals surface area contributed by atoms with Gasteiger partial charge in [-0.15, -0.1) is 0 Å². The van der Waals surface area contributed by atoms with Crippen LogP contribution in [0.1, 0.15) is 0 Å². The zero-order valence-electron chi connectivity index (χ0n) is 48.3. The van der Waals surface area contributed by atoms with E-state index in [-0.39, 0.29) is 13.4 Å². The third-order valence-electron chi connectivity index (χ3n) is 22.1. The lowest BCUT2D eigenvalue weighted by Gasteiger charge is -2.36. The van der Waals surface area contributed by atoms with Crippen LogP contribution in [0, 0.1) is 0 Å². The van der Waals surface area contributed by atoms with Crippen LogP contribution in [0.15, 0.2) is 258 Å². The Hall–Kier alpha value is -10.1. The molecule has 4 aliphatic rings. The fourth-order valence-electron chi connectivity index (χ4n) is 18.9. The molecule has 0 spiro atoms. The molecule has 0 unspecified atom stereocenters. The number of pyridine rings is 2. The van der Waals surface area contributed by atoms with Gasteiger partial charge in [0, 0.05) is 116 Å². The van der Waals surface area contributed by atoms with Gasteiger partial charge in [-0.05, 0) is 106 Å². The van der Waals surface area contributed by atoms with E-state index in [1.54, 1.807) is 0 Å². The summed E-state index contributed by atoms with van der Waals surface area (Å²) in [4.78, 5) is 20.2. The van der Waals surface area contributed by atoms with E-state index < -0.39 is 0 Å². The lowest BCUT2D eigenvalue weighted by atomic mass is 9.35. The summed E-state index contributed by atoms with van der Waals surface area (Å²) in [6.45, 7) is -0.321. The van der Waals surface area contributed by atoms with Crippen LogP contribution in [-0.2, 0) is 0 Å². The Morgan fingerprint density at radius 3 is 0.739 bits per heavy atom. The van der Waals surface area contributed by atoms with Crippen LogP contribution >= 0.6 is 47.0 Å². The molecule has 0 amide bonds. The molecule has 14 heterocycles. The molecule has 0 bridgehead atoms. The molecule has 0 radical (unpaired) electrons. The van der Waals surface area contributed by atoms with Gasteiger partial charge in [0.15, 0.2) is 0 Å². The van der Waals surface area contributed by atoms with Crippen LogP contribution in [0.2, 0.25) is 0 Å². The van der Waals surface area contributed by atoms with Gasteiger partial charge in [0.1, 0.15) is 11.0 Å². The maximum Gasteiger partial charge on any atom is 0.251 e. The first-order chi connectivity index (χ1) is 45.7. The van der Waals surface area contributed by atoms with Crippen molar-refractivity contribution in [3.05, 3.63) is 218 Å². The molecular formula is C80H36B2N6S4. The molecule has 6 nitrogen and oxygen atoms in total. The van der Waals surface area contributed by atoms with Crippen LogP contribution < -0.4 is 32.8 Å². The lowest BCUT2D eigenvalue weighted by molar-refractivity contribution is 1.09. The Morgan fingerprint density at radius 2 is 0.467 bits per heavy atom. The molecule has 0 saturated heterocycles. The maximum atomic E-state index is 6.31. The van der Waals surface area contributed by atoms with Gasteiger partial charge in [-0.1, -0.05) is 193 Å². The average molecular weight is 1230 g/mol. The topological polar surface area (TPSA) is 43.4 Å². The minimum Gasteiger partial charge on any atom is -0.308 e. The highest BCUT2D eigenvalue weighted by Gasteiger charge is 2.49. The standard InChI is InChI=1S/C80H36B2N6S4/c1-9-25-49-37(17-1)45-33-57-65(61-41-21-5-13-29-53(41)85(49)73(45)61)81-67-59(35-47-39-19-3-11-27-51(39)87-55-31-15-7-23-43(55)63(67)75(47)87)91-79-69(81)77(89-57)71-72(84-79)78-70-80(83-71)92-60-36-48-40-20-4-12-28-52(40)88-56-32-16-8-24-44(56)64(76(48)88)68(60)82(70)66-58(90-78)34-46-38-18-2-10-26-50(38)86-54-30-14-6-22-42(54)62(66)74(46)86/h1-36H. The fourth-order valence-corrected chi connectivity index (χ4v) is 24.0. The second kappa shape index (κ2) is 15.6. The first kappa shape index (κ1) is 46.9. The highest BCUT2D eigenvalue weighted by molar-refractivity contribution is 8.02. The number of rotatable bonds is 0. The second-order valence-electron chi connectivity index (χ2n) is 26.0. The predicted octanol–water partition coefficient (Wildman–Crippen LogP) is 17.1. The summed E-state index contributed by atoms with van der Waals surface area (Å²) < 4.78 is 10.3. The average Bonchev–Trinajstić information content (AvgIpc) is 1.34. The number of hydrogen-bond donors (Lipinski definition) is 0. The van der Waals surface area contributed by atoms with E-state index in [1.165, 1.54) is 215 Å². The monoisotopic (exact) mass is 1230 g/mol. The number of benzene rings is 12. The molecule has 4 aliphatic heterocycles. The molecule has 0 atom stereocenters. The lowest BCUT2D eigenvalue weighted by Crippen LogP contribution is -2.59. The van der Waals surface area contributed by atoms with Gasteiger partial charge < -0.3 is 17.6 Å². The summed E-state index contributed by atoms with van der Waals surface area (Å²) in [7, 11) is 0. The van der Waals surface area contributed by atoms with Crippen LogP contribution in [0.25, 0.3) is 163 Å². The molecular weight excluding hydrogens is 1190 g/mol. The molecule has 26 rings (SSSR count). The zero-order chi connectivity index (χ0) is 58.6. The van der Waals surface area contributed by atoms with Gasteiger partial charge >= 0.3 is 0 Å². The molecule has 22 aromatic rings. The predicted molar refractivity (Wildman–Crippen MR) is 390 cm³/mol. The molecule has 92 heavy (non-hydrogen) atoms. The third kappa shape index (κ3) is 5.05. The summed E-state index contributed by atoms with van der Waals surface area (Å²) in [5, 5.41) is 23.0. The molecule has 416 valence electrons. The van der Waals surface area contributed by atoms with E-state index in [2.05, 4.69) is 236 Å². The van der Waals surface area contributed by atoms with Gasteiger partial charge in [-0.2, -0.15) is 0 Å². The molecule has 0 fully saturated rings. The number of aromatic nitrogens is 6. The largest absolute Gasteiger partial charge is 0.308 e. The van der Waals surface area contributed by atoms with E-state index in [0.29, 0.717) is 0 Å². The normalized spacial score (nSPS) is 14.5. The molecule has 12 heteroatoms. The van der Waals surface area contributed by atoms with Crippen molar-refractivity contribution in [2.45, 2.75) is 39.4 Å². The van der Waals surface area contributed by atoms with E-state index in [4.69, 9.17) is 9.97 Å². The summed E-state index contributed by atoms with van der Waals surface area (Å²) in [5.74, 6) is 0. The number of nitrogens with zero attached hydrogens (tertiary/aromatic N) is 6. The van der Waals surface area contributed by atoms with Gasteiger partial charge in [-0.3, -0.25) is 0 Å². The quantitative estimate of drug-likeness (QED) is 0.141. The van der Waals surface area contributed by atoms with Crippen LogP contribution in [0.4, 0.5) is 0 Å². The Balaban J connectivity index is 0.844. The van der Waals surface area contributed by atoms with E-state index in [0.717, 1.165) is 21.1 Å². The van der Waals surface area contributed by atoms with Gasteiger partial charge in [0.05, 0.1) is 76.3 Å². The Kier molecular flexibility index (Phi) is 7.97. The van der Waals surface area contributed by atoms with Gasteiger partial charge in [-0.25, -0.2) is 9.97 Å². The summed E-state index contributed by atoms with van der Waals surface area (Å²) in [6, 6.07) is 83.2. The highest BCUT2D eigenvalue weighted by Crippen LogP contribution is 2.54. The summed E-state index contributed by atoms with van der Waals surface area (Å²) >= 11 is 7.69. The van der Waals surface area contributed by atoms with Crippen molar-refractivity contribution in [1.29, 1.82) is 0 Å². The fraction of sp³-hybridized carbons (Fsp3) is 0. The van der Waals surface area contributed by atoms with Crippen molar-refractivity contribution in [3.63, 3.8) is 0 Å². The molecule has 10 aromatic heterocycles. The first-order valence-corrected chi connectivity index (χ1v) is 34.9. The molecule has 0 aliphatic carbocycles. The first-order valence-electron chi connectivity index (χ1n) is 31.6. The minimum atomic E-state index is -0.160. The van der Waals surface area contributed by atoms with Crippen molar-refractivity contribution < 1.29 is 0 Å². The zero-order valence-corrected chi connectivity index (χ0v) is 51.5. The molecule has 0 N–H and O–H groups in total. The third-order valence-corrected chi connectivity index (χ3v) is 26.6. The van der Waals surface area contributed by atoms with Crippen molar-refractivity contribution in [1.82, 2.24) is 27.6 Å². The van der Waals surface area contributed by atoms with Gasteiger partial charge in [0.2, 0.25) is 0 Å². The minimum absolute atomic E-state index is 0.160. The Labute approximate surface area is 537 Å². The van der Waals surface area contributed by atoms with Crippen molar-refractivity contribution in [2.24, 2.45) is 0 Å². The highest BCUT2D eigenvalue weighted by atomic mass is 32.2. The second-order valence-corrected chi connectivity index (χ2v) is 30.2. The maximum absolute atomic E-state index is 6.31. The van der Waals surface area contributed by atoms with Crippen molar-refractivity contribution >= 4 is 257 Å². The summed E-state index contributed by atoms with van der Waals surface area (Å²) in [5.41, 5.74) is 25.3. The van der Waals surface area contributed by atoms with E-state index >= 15 is 0 Å². The van der Waals surface area contributed by atoms with E-state index in [1.807, 2.05) is 47.0 Å². The smallest absolute Gasteiger partial charge is 0.251 e. The van der Waals surface area contributed by atoms with Crippen LogP contribution in [-0.4, -0.2) is 41.0 Å². The van der Waals surface area contributed by atoms with Crippen molar-refractivity contribution in [2.75, 3.05) is 0 Å². The van der Waals surface area contributed by atoms with Crippen LogP contribution in [0.5, 0.6) is 0 Å². The Bertz CT molecular complexity index is 6760.